The molecule has 0 saturated heterocycles. The Balaban J connectivity index is 1.56. The normalized spacial score (nSPS) is 11.0. The molecule has 0 atom stereocenters. The Morgan fingerprint density at radius 2 is 1.45 bits per heavy atom. The van der Waals surface area contributed by atoms with E-state index in [9.17, 15) is 9.59 Å². The average Bonchev–Trinajstić information content (AvgIpc) is 2.77. The maximum atomic E-state index is 12.5. The van der Waals surface area contributed by atoms with Crippen LogP contribution in [0.3, 0.4) is 0 Å². The highest BCUT2D eigenvalue weighted by Gasteiger charge is 2.14. The number of hydrogen-bond donors (Lipinski definition) is 2. The van der Waals surface area contributed by atoms with Crippen LogP contribution in [-0.2, 0) is 12.0 Å². The van der Waals surface area contributed by atoms with Gasteiger partial charge >= 0.3 is 0 Å². The Bertz CT molecular complexity index is 1050. The third-order valence-electron chi connectivity index (χ3n) is 5.01. The van der Waals surface area contributed by atoms with Gasteiger partial charge in [0.15, 0.2) is 0 Å². The molecule has 3 rings (SSSR count). The van der Waals surface area contributed by atoms with Crippen LogP contribution in [0.15, 0.2) is 72.8 Å². The molecule has 2 N–H and O–H groups in total. The molecule has 3 aromatic rings. The van der Waals surface area contributed by atoms with Crippen molar-refractivity contribution in [2.45, 2.75) is 32.7 Å². The molecule has 3 aromatic carbocycles. The first-order valence-electron chi connectivity index (χ1n) is 10.2. The molecule has 0 spiro atoms. The highest BCUT2D eigenvalue weighted by Crippen LogP contribution is 2.22. The van der Waals surface area contributed by atoms with Crippen molar-refractivity contribution in [3.8, 4) is 5.75 Å². The van der Waals surface area contributed by atoms with Gasteiger partial charge in [0.1, 0.15) is 5.75 Å². The summed E-state index contributed by atoms with van der Waals surface area (Å²) in [5, 5.41) is 5.77. The van der Waals surface area contributed by atoms with Gasteiger partial charge in [0, 0.05) is 29.4 Å². The molecule has 0 fully saturated rings. The summed E-state index contributed by atoms with van der Waals surface area (Å²) in [6, 6.07) is 22.0. The molecule has 0 heterocycles. The van der Waals surface area contributed by atoms with Crippen LogP contribution in [0.2, 0.25) is 0 Å². The molecule has 5 nitrogen and oxygen atoms in total. The molecule has 0 bridgehead atoms. The molecule has 0 aliphatic carbocycles. The van der Waals surface area contributed by atoms with Crippen molar-refractivity contribution in [1.29, 1.82) is 0 Å². The number of carbonyl (C=O) groups is 2. The summed E-state index contributed by atoms with van der Waals surface area (Å²) in [6.07, 6.45) is 0. The van der Waals surface area contributed by atoms with Crippen LogP contribution in [0.5, 0.6) is 5.75 Å². The van der Waals surface area contributed by atoms with Gasteiger partial charge in [-0.05, 0) is 52.9 Å². The largest absolute Gasteiger partial charge is 0.497 e. The summed E-state index contributed by atoms with van der Waals surface area (Å²) >= 11 is 0. The van der Waals surface area contributed by atoms with Gasteiger partial charge in [0.2, 0.25) is 0 Å². The van der Waals surface area contributed by atoms with E-state index in [4.69, 9.17) is 4.74 Å². The van der Waals surface area contributed by atoms with Gasteiger partial charge in [-0.15, -0.1) is 0 Å². The van der Waals surface area contributed by atoms with Crippen LogP contribution in [0.4, 0.5) is 5.69 Å². The number of ether oxygens (including phenoxy) is 1. The molecule has 31 heavy (non-hydrogen) atoms. The number of methoxy groups -OCH3 is 1. The Morgan fingerprint density at radius 3 is 2.06 bits per heavy atom. The maximum absolute atomic E-state index is 12.5. The van der Waals surface area contributed by atoms with Crippen LogP contribution >= 0.6 is 0 Å². The first-order chi connectivity index (χ1) is 14.8. The lowest BCUT2D eigenvalue weighted by atomic mass is 9.87. The van der Waals surface area contributed by atoms with Gasteiger partial charge in [0.25, 0.3) is 11.8 Å². The number of benzene rings is 3. The summed E-state index contributed by atoms with van der Waals surface area (Å²) < 4.78 is 5.17. The first-order valence-corrected chi connectivity index (χ1v) is 10.2. The van der Waals surface area contributed by atoms with Crippen LogP contribution in [0.25, 0.3) is 0 Å². The second-order valence-electron chi connectivity index (χ2n) is 8.39. The van der Waals surface area contributed by atoms with E-state index in [1.807, 2.05) is 48.5 Å². The molecule has 2 amide bonds. The standard InChI is InChI=1S/C26H28N2O3/c1-26(2,3)21-14-12-19(13-15-21)24(29)27-17-18-8-10-20(11-9-18)25(30)28-22-6-5-7-23(16-22)31-4/h5-16H,17H2,1-4H3,(H,27,29)(H,28,30). The van der Waals surface area contributed by atoms with Gasteiger partial charge in [-0.1, -0.05) is 51.1 Å². The van der Waals surface area contributed by atoms with Crippen molar-refractivity contribution >= 4 is 17.5 Å². The third-order valence-corrected chi connectivity index (χ3v) is 5.01. The van der Waals surface area contributed by atoms with E-state index >= 15 is 0 Å². The summed E-state index contributed by atoms with van der Waals surface area (Å²) in [7, 11) is 1.58. The average molecular weight is 417 g/mol. The first kappa shape index (κ1) is 22.1. The lowest BCUT2D eigenvalue weighted by Crippen LogP contribution is -2.23. The smallest absolute Gasteiger partial charge is 0.255 e. The molecule has 0 saturated carbocycles. The molecule has 0 aromatic heterocycles. The summed E-state index contributed by atoms with van der Waals surface area (Å²) in [5.74, 6) is 0.347. The van der Waals surface area contributed by atoms with E-state index in [1.54, 1.807) is 31.4 Å². The Hall–Kier alpha value is -3.60. The molecule has 0 aliphatic rings. The maximum Gasteiger partial charge on any atom is 0.255 e. The second-order valence-corrected chi connectivity index (χ2v) is 8.39. The molecule has 0 radical (unpaired) electrons. The zero-order valence-corrected chi connectivity index (χ0v) is 18.4. The highest BCUT2D eigenvalue weighted by molar-refractivity contribution is 6.04. The number of rotatable bonds is 6. The molecule has 5 heteroatoms. The Labute approximate surface area is 183 Å². The summed E-state index contributed by atoms with van der Waals surface area (Å²) in [6.45, 7) is 6.81. The van der Waals surface area contributed by atoms with Crippen molar-refractivity contribution in [1.82, 2.24) is 5.32 Å². The number of hydrogen-bond acceptors (Lipinski definition) is 3. The minimum absolute atomic E-state index is 0.0512. The summed E-state index contributed by atoms with van der Waals surface area (Å²) in [4.78, 5) is 24.9. The lowest BCUT2D eigenvalue weighted by Gasteiger charge is -2.19. The van der Waals surface area contributed by atoms with Crippen LogP contribution in [-0.4, -0.2) is 18.9 Å². The minimum Gasteiger partial charge on any atom is -0.497 e. The Morgan fingerprint density at radius 1 is 0.839 bits per heavy atom. The van der Waals surface area contributed by atoms with E-state index in [1.165, 1.54) is 5.56 Å². The molecule has 160 valence electrons. The predicted octanol–water partition coefficient (Wildman–Crippen LogP) is 5.18. The van der Waals surface area contributed by atoms with Crippen molar-refractivity contribution in [2.75, 3.05) is 12.4 Å². The van der Waals surface area contributed by atoms with E-state index < -0.39 is 0 Å². The van der Waals surface area contributed by atoms with Crippen LogP contribution < -0.4 is 15.4 Å². The quantitative estimate of drug-likeness (QED) is 0.582. The van der Waals surface area contributed by atoms with Crippen LogP contribution in [0, 0.1) is 0 Å². The van der Waals surface area contributed by atoms with E-state index in [0.29, 0.717) is 29.1 Å². The lowest BCUT2D eigenvalue weighted by molar-refractivity contribution is 0.0949. The number of carbonyl (C=O) groups excluding carboxylic acids is 2. The van der Waals surface area contributed by atoms with Gasteiger partial charge in [-0.2, -0.15) is 0 Å². The minimum atomic E-state index is -0.206. The van der Waals surface area contributed by atoms with E-state index in [-0.39, 0.29) is 17.2 Å². The fourth-order valence-electron chi connectivity index (χ4n) is 3.08. The van der Waals surface area contributed by atoms with E-state index in [2.05, 4.69) is 31.4 Å². The zero-order chi connectivity index (χ0) is 22.4. The zero-order valence-electron chi connectivity index (χ0n) is 18.4. The Kier molecular flexibility index (Phi) is 6.75. The van der Waals surface area contributed by atoms with Gasteiger partial charge in [-0.3, -0.25) is 9.59 Å². The second kappa shape index (κ2) is 9.47. The van der Waals surface area contributed by atoms with Crippen molar-refractivity contribution in [2.24, 2.45) is 0 Å². The summed E-state index contributed by atoms with van der Waals surface area (Å²) in [5.41, 5.74) is 3.98. The number of amides is 2. The monoisotopic (exact) mass is 416 g/mol. The fourth-order valence-corrected chi connectivity index (χ4v) is 3.08. The van der Waals surface area contributed by atoms with Crippen molar-refractivity contribution in [3.63, 3.8) is 0 Å². The van der Waals surface area contributed by atoms with Crippen molar-refractivity contribution in [3.05, 3.63) is 95.1 Å². The SMILES string of the molecule is COc1cccc(NC(=O)c2ccc(CNC(=O)c3ccc(C(C)(C)C)cc3)cc2)c1. The van der Waals surface area contributed by atoms with Gasteiger partial charge < -0.3 is 15.4 Å². The van der Waals surface area contributed by atoms with Gasteiger partial charge in [0.05, 0.1) is 7.11 Å². The molecular weight excluding hydrogens is 388 g/mol. The predicted molar refractivity (Wildman–Crippen MR) is 124 cm³/mol. The van der Waals surface area contributed by atoms with Gasteiger partial charge in [-0.25, -0.2) is 0 Å². The molecule has 0 unspecified atom stereocenters. The third kappa shape index (κ3) is 5.95. The fraction of sp³-hybridized carbons (Fsp3) is 0.231. The van der Waals surface area contributed by atoms with E-state index in [0.717, 1.165) is 5.56 Å². The number of nitrogens with one attached hydrogen (secondary N) is 2. The van der Waals surface area contributed by atoms with Crippen molar-refractivity contribution < 1.29 is 14.3 Å². The topological polar surface area (TPSA) is 67.4 Å². The molecule has 0 aliphatic heterocycles. The highest BCUT2D eigenvalue weighted by atomic mass is 16.5. The number of anilines is 1. The van der Waals surface area contributed by atoms with Crippen LogP contribution in [0.1, 0.15) is 52.6 Å². The molecular formula is C26H28N2O3.